The predicted molar refractivity (Wildman–Crippen MR) is 64.4 cm³/mol. The maximum atomic E-state index is 11.2. The van der Waals surface area contributed by atoms with Gasteiger partial charge in [-0.05, 0) is 24.4 Å². The van der Waals surface area contributed by atoms with Crippen LogP contribution in [0.5, 0.6) is 0 Å². The fourth-order valence-electron chi connectivity index (χ4n) is 2.36. The van der Waals surface area contributed by atoms with Crippen LogP contribution in [0, 0.1) is 16.0 Å². The smallest absolute Gasteiger partial charge is 0.308 e. The SMILES string of the molecule is O=C(O)C1CNCCC1c1ccc([N+](=O)[O-])cc1. The van der Waals surface area contributed by atoms with Gasteiger partial charge in [0.05, 0.1) is 10.8 Å². The van der Waals surface area contributed by atoms with E-state index in [-0.39, 0.29) is 11.6 Å². The lowest BCUT2D eigenvalue weighted by Gasteiger charge is -2.29. The Morgan fingerprint density at radius 3 is 2.61 bits per heavy atom. The third-order valence-electron chi connectivity index (χ3n) is 3.33. The Morgan fingerprint density at radius 2 is 2.06 bits per heavy atom. The summed E-state index contributed by atoms with van der Waals surface area (Å²) in [7, 11) is 0. The highest BCUT2D eigenvalue weighted by molar-refractivity contribution is 5.72. The molecule has 1 heterocycles. The molecule has 18 heavy (non-hydrogen) atoms. The summed E-state index contributed by atoms with van der Waals surface area (Å²) >= 11 is 0. The van der Waals surface area contributed by atoms with Crippen molar-refractivity contribution in [2.45, 2.75) is 12.3 Å². The summed E-state index contributed by atoms with van der Waals surface area (Å²) in [6.45, 7) is 1.21. The molecule has 1 aromatic rings. The number of hydrogen-bond acceptors (Lipinski definition) is 4. The predicted octanol–water partition coefficient (Wildman–Crippen LogP) is 1.37. The summed E-state index contributed by atoms with van der Waals surface area (Å²) in [4.78, 5) is 21.3. The molecule has 96 valence electrons. The average molecular weight is 250 g/mol. The van der Waals surface area contributed by atoms with Crippen molar-refractivity contribution < 1.29 is 14.8 Å². The van der Waals surface area contributed by atoms with E-state index in [0.29, 0.717) is 6.54 Å². The van der Waals surface area contributed by atoms with E-state index < -0.39 is 16.8 Å². The van der Waals surface area contributed by atoms with Crippen LogP contribution in [0.4, 0.5) is 5.69 Å². The van der Waals surface area contributed by atoms with Crippen molar-refractivity contribution in [1.82, 2.24) is 5.32 Å². The fourth-order valence-corrected chi connectivity index (χ4v) is 2.36. The molecule has 1 aromatic carbocycles. The van der Waals surface area contributed by atoms with Crippen LogP contribution in [-0.4, -0.2) is 29.1 Å². The van der Waals surface area contributed by atoms with E-state index in [9.17, 15) is 14.9 Å². The van der Waals surface area contributed by atoms with Gasteiger partial charge in [-0.2, -0.15) is 0 Å². The molecular weight excluding hydrogens is 236 g/mol. The molecule has 0 aromatic heterocycles. The Hall–Kier alpha value is -1.95. The number of hydrogen-bond donors (Lipinski definition) is 2. The molecule has 0 amide bonds. The number of carboxylic acid groups (broad SMARTS) is 1. The summed E-state index contributed by atoms with van der Waals surface area (Å²) in [6, 6.07) is 6.17. The Kier molecular flexibility index (Phi) is 3.57. The standard InChI is InChI=1S/C12H14N2O4/c15-12(16)11-7-13-6-5-10(11)8-1-3-9(4-2-8)14(17)18/h1-4,10-11,13H,5-7H2,(H,15,16). The molecule has 0 bridgehead atoms. The molecule has 0 aliphatic carbocycles. The van der Waals surface area contributed by atoms with Crippen molar-refractivity contribution in [3.63, 3.8) is 0 Å². The number of piperidine rings is 1. The highest BCUT2D eigenvalue weighted by Gasteiger charge is 2.31. The Labute approximate surface area is 104 Å². The first-order chi connectivity index (χ1) is 8.59. The zero-order valence-corrected chi connectivity index (χ0v) is 9.70. The highest BCUT2D eigenvalue weighted by atomic mass is 16.6. The maximum Gasteiger partial charge on any atom is 0.308 e. The van der Waals surface area contributed by atoms with Crippen LogP contribution in [0.15, 0.2) is 24.3 Å². The highest BCUT2D eigenvalue weighted by Crippen LogP contribution is 2.31. The van der Waals surface area contributed by atoms with Crippen molar-refractivity contribution in [3.05, 3.63) is 39.9 Å². The van der Waals surface area contributed by atoms with Gasteiger partial charge in [-0.1, -0.05) is 12.1 Å². The molecule has 1 saturated heterocycles. The minimum atomic E-state index is -0.828. The number of nitro groups is 1. The van der Waals surface area contributed by atoms with E-state index in [1.165, 1.54) is 12.1 Å². The van der Waals surface area contributed by atoms with Crippen LogP contribution in [0.3, 0.4) is 0 Å². The minimum absolute atomic E-state index is 0.0274. The fraction of sp³-hybridized carbons (Fsp3) is 0.417. The van der Waals surface area contributed by atoms with Crippen molar-refractivity contribution >= 4 is 11.7 Å². The molecule has 1 aliphatic rings. The molecule has 6 heteroatoms. The summed E-state index contributed by atoms with van der Waals surface area (Å²) in [5.74, 6) is -1.38. The van der Waals surface area contributed by atoms with Crippen LogP contribution >= 0.6 is 0 Å². The number of rotatable bonds is 3. The number of aliphatic carboxylic acids is 1. The molecule has 2 unspecified atom stereocenters. The number of nitrogens with one attached hydrogen (secondary N) is 1. The zero-order chi connectivity index (χ0) is 13.1. The van der Waals surface area contributed by atoms with E-state index >= 15 is 0 Å². The second-order valence-electron chi connectivity index (χ2n) is 4.39. The van der Waals surface area contributed by atoms with Crippen LogP contribution in [0.25, 0.3) is 0 Å². The molecular formula is C12H14N2O4. The van der Waals surface area contributed by atoms with Gasteiger partial charge >= 0.3 is 5.97 Å². The average Bonchev–Trinajstić information content (AvgIpc) is 2.39. The van der Waals surface area contributed by atoms with Crippen molar-refractivity contribution in [2.75, 3.05) is 13.1 Å². The number of carbonyl (C=O) groups is 1. The topological polar surface area (TPSA) is 92.5 Å². The van der Waals surface area contributed by atoms with E-state index in [1.54, 1.807) is 12.1 Å². The molecule has 1 aliphatic heterocycles. The molecule has 0 spiro atoms. The Morgan fingerprint density at radius 1 is 1.39 bits per heavy atom. The third kappa shape index (κ3) is 2.48. The van der Waals surface area contributed by atoms with Gasteiger partial charge in [0.2, 0.25) is 0 Å². The van der Waals surface area contributed by atoms with Gasteiger partial charge in [0.1, 0.15) is 0 Å². The van der Waals surface area contributed by atoms with Gasteiger partial charge < -0.3 is 10.4 Å². The molecule has 2 N–H and O–H groups in total. The molecule has 1 fully saturated rings. The van der Waals surface area contributed by atoms with E-state index in [0.717, 1.165) is 18.5 Å². The van der Waals surface area contributed by atoms with Crippen molar-refractivity contribution in [3.8, 4) is 0 Å². The Balaban J connectivity index is 2.23. The lowest BCUT2D eigenvalue weighted by molar-refractivity contribution is -0.384. The summed E-state index contributed by atoms with van der Waals surface area (Å²) < 4.78 is 0. The monoisotopic (exact) mass is 250 g/mol. The zero-order valence-electron chi connectivity index (χ0n) is 9.70. The molecule has 2 atom stereocenters. The summed E-state index contributed by atoms with van der Waals surface area (Å²) in [5, 5.41) is 22.8. The van der Waals surface area contributed by atoms with Gasteiger partial charge in [0, 0.05) is 18.7 Å². The largest absolute Gasteiger partial charge is 0.481 e. The van der Waals surface area contributed by atoms with E-state index in [2.05, 4.69) is 5.32 Å². The van der Waals surface area contributed by atoms with Crippen molar-refractivity contribution in [2.24, 2.45) is 5.92 Å². The van der Waals surface area contributed by atoms with Crippen LogP contribution in [0.2, 0.25) is 0 Å². The van der Waals surface area contributed by atoms with E-state index in [1.807, 2.05) is 0 Å². The van der Waals surface area contributed by atoms with Crippen molar-refractivity contribution in [1.29, 1.82) is 0 Å². The number of nitro benzene ring substituents is 1. The lowest BCUT2D eigenvalue weighted by atomic mass is 9.81. The number of non-ortho nitro benzene ring substituents is 1. The number of benzene rings is 1. The molecule has 2 rings (SSSR count). The quantitative estimate of drug-likeness (QED) is 0.624. The van der Waals surface area contributed by atoms with Gasteiger partial charge in [0.15, 0.2) is 0 Å². The third-order valence-corrected chi connectivity index (χ3v) is 3.33. The molecule has 6 nitrogen and oxygen atoms in total. The Bertz CT molecular complexity index is 458. The molecule has 0 saturated carbocycles. The van der Waals surface area contributed by atoms with Crippen LogP contribution in [0.1, 0.15) is 17.9 Å². The van der Waals surface area contributed by atoms with Gasteiger partial charge in [-0.15, -0.1) is 0 Å². The number of nitrogens with zero attached hydrogens (tertiary/aromatic N) is 1. The second-order valence-corrected chi connectivity index (χ2v) is 4.39. The normalized spacial score (nSPS) is 23.6. The second kappa shape index (κ2) is 5.14. The first kappa shape index (κ1) is 12.5. The van der Waals surface area contributed by atoms with Crippen LogP contribution in [-0.2, 0) is 4.79 Å². The minimum Gasteiger partial charge on any atom is -0.481 e. The van der Waals surface area contributed by atoms with Gasteiger partial charge in [-0.25, -0.2) is 0 Å². The van der Waals surface area contributed by atoms with Crippen LogP contribution < -0.4 is 5.32 Å². The van der Waals surface area contributed by atoms with Gasteiger partial charge in [0.25, 0.3) is 5.69 Å². The van der Waals surface area contributed by atoms with Gasteiger partial charge in [-0.3, -0.25) is 14.9 Å². The maximum absolute atomic E-state index is 11.2. The molecule has 0 radical (unpaired) electrons. The summed E-state index contributed by atoms with van der Waals surface area (Å²) in [5.41, 5.74) is 0.883. The first-order valence-electron chi connectivity index (χ1n) is 5.77. The number of carboxylic acids is 1. The van der Waals surface area contributed by atoms with E-state index in [4.69, 9.17) is 5.11 Å². The lowest BCUT2D eigenvalue weighted by Crippen LogP contribution is -2.39. The summed E-state index contributed by atoms with van der Waals surface area (Å²) in [6.07, 6.45) is 0.731. The first-order valence-corrected chi connectivity index (χ1v) is 5.77.